The van der Waals surface area contributed by atoms with Gasteiger partial charge in [-0.3, -0.25) is 9.59 Å². The first-order valence-corrected chi connectivity index (χ1v) is 8.70. The minimum Gasteiger partial charge on any atom is -0.299 e. The average Bonchev–Trinajstić information content (AvgIpc) is 2.76. The molecular weight excluding hydrogens is 260 g/mol. The van der Waals surface area contributed by atoms with E-state index in [1.54, 1.807) is 0 Å². The lowest BCUT2D eigenvalue weighted by Crippen LogP contribution is -2.50. The molecule has 5 atom stereocenters. The topological polar surface area (TPSA) is 34.1 Å². The van der Waals surface area contributed by atoms with Crippen LogP contribution in [0.25, 0.3) is 0 Å². The normalized spacial score (nSPS) is 49.2. The van der Waals surface area contributed by atoms with Crippen LogP contribution in [-0.4, -0.2) is 11.6 Å². The Labute approximate surface area is 127 Å². The summed E-state index contributed by atoms with van der Waals surface area (Å²) < 4.78 is 0. The molecule has 4 rings (SSSR count). The van der Waals surface area contributed by atoms with Gasteiger partial charge in [0, 0.05) is 24.7 Å². The largest absolute Gasteiger partial charge is 0.299 e. The van der Waals surface area contributed by atoms with Crippen molar-refractivity contribution < 1.29 is 9.59 Å². The first kappa shape index (κ1) is 13.7. The van der Waals surface area contributed by atoms with E-state index in [0.717, 1.165) is 38.5 Å². The van der Waals surface area contributed by atoms with Crippen LogP contribution in [0.4, 0.5) is 0 Å². The maximum Gasteiger partial charge on any atom is 0.139 e. The van der Waals surface area contributed by atoms with E-state index in [4.69, 9.17) is 0 Å². The van der Waals surface area contributed by atoms with Crippen LogP contribution in [0.1, 0.15) is 65.2 Å². The van der Waals surface area contributed by atoms with Gasteiger partial charge in [0.1, 0.15) is 11.6 Å². The van der Waals surface area contributed by atoms with Gasteiger partial charge in [-0.25, -0.2) is 0 Å². The molecule has 0 radical (unpaired) electrons. The Morgan fingerprint density at radius 2 is 1.76 bits per heavy atom. The lowest BCUT2D eigenvalue weighted by atomic mass is 9.48. The van der Waals surface area contributed by atoms with Crippen molar-refractivity contribution in [2.75, 3.05) is 0 Å². The number of fused-ring (bicyclic) bond motifs is 5. The minimum absolute atomic E-state index is 0.0344. The van der Waals surface area contributed by atoms with Crippen LogP contribution in [0.5, 0.6) is 0 Å². The predicted octanol–water partition coefficient (Wildman–Crippen LogP) is 4.09. The highest BCUT2D eigenvalue weighted by atomic mass is 16.1. The van der Waals surface area contributed by atoms with Crippen molar-refractivity contribution in [1.82, 2.24) is 0 Å². The van der Waals surface area contributed by atoms with Crippen molar-refractivity contribution in [2.45, 2.75) is 65.2 Å². The van der Waals surface area contributed by atoms with Crippen molar-refractivity contribution in [2.24, 2.45) is 28.6 Å². The Kier molecular flexibility index (Phi) is 2.81. The lowest BCUT2D eigenvalue weighted by Gasteiger charge is -2.56. The summed E-state index contributed by atoms with van der Waals surface area (Å²) in [5.74, 6) is 2.92. The van der Waals surface area contributed by atoms with Crippen LogP contribution in [0.3, 0.4) is 0 Å². The third kappa shape index (κ3) is 1.71. The van der Waals surface area contributed by atoms with Crippen LogP contribution >= 0.6 is 0 Å². The standard InChI is InChI=1S/C19H26O2/c1-18-9-7-13(20)11-12(18)3-4-14-15-5-6-17(21)19(15,2)10-8-16(14)18/h3,14-16H,4-11H2,1-2H3/t14-,15-,16-,18-,19-/m1/s1. The van der Waals surface area contributed by atoms with E-state index in [0.29, 0.717) is 35.7 Å². The number of Topliss-reactive ketones (excluding diaryl/α,β-unsaturated/α-hetero) is 2. The number of carbonyl (C=O) groups is 2. The Bertz CT molecular complexity index is 546. The Morgan fingerprint density at radius 1 is 1.00 bits per heavy atom. The zero-order valence-corrected chi connectivity index (χ0v) is 13.3. The number of hydrogen-bond donors (Lipinski definition) is 0. The zero-order valence-electron chi connectivity index (χ0n) is 13.3. The zero-order chi connectivity index (χ0) is 14.8. The molecule has 0 unspecified atom stereocenters. The fourth-order valence-corrected chi connectivity index (χ4v) is 6.25. The Balaban J connectivity index is 1.71. The van der Waals surface area contributed by atoms with E-state index in [9.17, 15) is 9.59 Å². The summed E-state index contributed by atoms with van der Waals surface area (Å²) in [5, 5.41) is 0. The van der Waals surface area contributed by atoms with Gasteiger partial charge in [0.15, 0.2) is 0 Å². The molecule has 0 amide bonds. The van der Waals surface area contributed by atoms with Crippen molar-refractivity contribution in [3.63, 3.8) is 0 Å². The van der Waals surface area contributed by atoms with Gasteiger partial charge in [-0.15, -0.1) is 0 Å². The van der Waals surface area contributed by atoms with Gasteiger partial charge in [-0.05, 0) is 55.3 Å². The second-order valence-corrected chi connectivity index (χ2v) is 8.39. The minimum atomic E-state index is -0.0344. The van der Waals surface area contributed by atoms with E-state index in [1.807, 2.05) is 0 Å². The molecule has 3 fully saturated rings. The molecule has 0 aromatic rings. The monoisotopic (exact) mass is 286 g/mol. The van der Waals surface area contributed by atoms with Crippen molar-refractivity contribution in [1.29, 1.82) is 0 Å². The predicted molar refractivity (Wildman–Crippen MR) is 81.7 cm³/mol. The van der Waals surface area contributed by atoms with Crippen molar-refractivity contribution >= 4 is 11.6 Å². The van der Waals surface area contributed by atoms with E-state index < -0.39 is 0 Å². The summed E-state index contributed by atoms with van der Waals surface area (Å²) in [4.78, 5) is 24.2. The van der Waals surface area contributed by atoms with Gasteiger partial charge in [-0.2, -0.15) is 0 Å². The van der Waals surface area contributed by atoms with Crippen molar-refractivity contribution in [3.8, 4) is 0 Å². The lowest BCUT2D eigenvalue weighted by molar-refractivity contribution is -0.132. The number of ketones is 2. The summed E-state index contributed by atoms with van der Waals surface area (Å²) in [6.07, 6.45) is 10.2. The highest BCUT2D eigenvalue weighted by molar-refractivity contribution is 5.87. The Hall–Kier alpha value is -0.920. The Morgan fingerprint density at radius 3 is 2.57 bits per heavy atom. The van der Waals surface area contributed by atoms with Crippen LogP contribution in [0, 0.1) is 28.6 Å². The molecule has 0 heterocycles. The first-order valence-electron chi connectivity index (χ1n) is 8.70. The first-order chi connectivity index (χ1) is 9.95. The molecule has 4 aliphatic rings. The second kappa shape index (κ2) is 4.30. The van der Waals surface area contributed by atoms with Crippen LogP contribution in [0.15, 0.2) is 11.6 Å². The van der Waals surface area contributed by atoms with Crippen LogP contribution < -0.4 is 0 Å². The third-order valence-electron chi connectivity index (χ3n) is 7.65. The molecule has 2 heteroatoms. The van der Waals surface area contributed by atoms with Gasteiger partial charge in [0.05, 0.1) is 0 Å². The molecule has 0 N–H and O–H groups in total. The molecule has 114 valence electrons. The quantitative estimate of drug-likeness (QED) is 0.629. The maximum absolute atomic E-state index is 12.4. The van der Waals surface area contributed by atoms with E-state index in [-0.39, 0.29) is 10.8 Å². The maximum atomic E-state index is 12.4. The smallest absolute Gasteiger partial charge is 0.139 e. The third-order valence-corrected chi connectivity index (χ3v) is 7.65. The fourth-order valence-electron chi connectivity index (χ4n) is 6.25. The molecule has 0 bridgehead atoms. The molecule has 3 saturated carbocycles. The van der Waals surface area contributed by atoms with Gasteiger partial charge < -0.3 is 0 Å². The fraction of sp³-hybridized carbons (Fsp3) is 0.789. The molecule has 21 heavy (non-hydrogen) atoms. The SMILES string of the molecule is C[C@@]12CC[C@@H]3[C@H](CC=C4CC(=O)CC[C@]43C)[C@H]1CCC2=O. The highest BCUT2D eigenvalue weighted by Crippen LogP contribution is 2.63. The molecule has 0 aromatic carbocycles. The van der Waals surface area contributed by atoms with Crippen LogP contribution in [0.2, 0.25) is 0 Å². The average molecular weight is 286 g/mol. The molecular formula is C19H26O2. The van der Waals surface area contributed by atoms with Crippen molar-refractivity contribution in [3.05, 3.63) is 11.6 Å². The molecule has 2 nitrogen and oxygen atoms in total. The summed E-state index contributed by atoms with van der Waals surface area (Å²) in [7, 11) is 0. The summed E-state index contributed by atoms with van der Waals surface area (Å²) in [6.45, 7) is 4.64. The van der Waals surface area contributed by atoms with Gasteiger partial charge in [0.25, 0.3) is 0 Å². The molecule has 0 aliphatic heterocycles. The number of carbonyl (C=O) groups excluding carboxylic acids is 2. The van der Waals surface area contributed by atoms with Gasteiger partial charge in [0.2, 0.25) is 0 Å². The highest BCUT2D eigenvalue weighted by Gasteiger charge is 2.58. The molecule has 0 spiro atoms. The van der Waals surface area contributed by atoms with Gasteiger partial charge >= 0.3 is 0 Å². The molecule has 0 saturated heterocycles. The molecule has 0 aromatic heterocycles. The van der Waals surface area contributed by atoms with Gasteiger partial charge in [-0.1, -0.05) is 25.5 Å². The number of hydrogen-bond acceptors (Lipinski definition) is 2. The van der Waals surface area contributed by atoms with E-state index >= 15 is 0 Å². The summed E-state index contributed by atoms with van der Waals surface area (Å²) in [5.41, 5.74) is 1.63. The number of allylic oxidation sites excluding steroid dienone is 2. The van der Waals surface area contributed by atoms with Crippen LogP contribution in [-0.2, 0) is 9.59 Å². The summed E-state index contributed by atoms with van der Waals surface area (Å²) >= 11 is 0. The number of rotatable bonds is 0. The summed E-state index contributed by atoms with van der Waals surface area (Å²) in [6, 6.07) is 0. The molecule has 4 aliphatic carbocycles. The van der Waals surface area contributed by atoms with E-state index in [1.165, 1.54) is 12.0 Å². The second-order valence-electron chi connectivity index (χ2n) is 8.39. The van der Waals surface area contributed by atoms with E-state index in [2.05, 4.69) is 19.9 Å².